The zero-order valence-corrected chi connectivity index (χ0v) is 10.1. The molecule has 2 heterocycles. The Kier molecular flexibility index (Phi) is 3.87. The van der Waals surface area contributed by atoms with Crippen molar-refractivity contribution in [2.24, 2.45) is 0 Å². The molecule has 0 aromatic carbocycles. The van der Waals surface area contributed by atoms with Gasteiger partial charge in [-0.2, -0.15) is 4.98 Å². The lowest BCUT2D eigenvalue weighted by molar-refractivity contribution is 0.367. The van der Waals surface area contributed by atoms with Crippen LogP contribution in [0.3, 0.4) is 0 Å². The Morgan fingerprint density at radius 1 is 1.53 bits per heavy atom. The standard InChI is InChI=1S/C11H17N5O/c1-3-12-8(2)4-5-9-15-11(16-17-9)10-13-6-7-14-10/h6-8,12H,3-5H2,1-2H3,(H,13,14). The number of rotatable bonds is 6. The first kappa shape index (κ1) is 11.8. The van der Waals surface area contributed by atoms with E-state index in [9.17, 15) is 0 Å². The third kappa shape index (κ3) is 3.13. The van der Waals surface area contributed by atoms with Crippen LogP contribution in [0.4, 0.5) is 0 Å². The van der Waals surface area contributed by atoms with Crippen molar-refractivity contribution in [1.82, 2.24) is 25.4 Å². The van der Waals surface area contributed by atoms with Crippen molar-refractivity contribution >= 4 is 0 Å². The van der Waals surface area contributed by atoms with Crippen LogP contribution in [-0.4, -0.2) is 32.7 Å². The Hall–Kier alpha value is -1.69. The van der Waals surface area contributed by atoms with Gasteiger partial charge in [-0.3, -0.25) is 0 Å². The van der Waals surface area contributed by atoms with Crippen LogP contribution in [0.25, 0.3) is 11.6 Å². The molecule has 2 aromatic heterocycles. The Balaban J connectivity index is 1.91. The number of hydrogen-bond acceptors (Lipinski definition) is 5. The quantitative estimate of drug-likeness (QED) is 0.791. The molecule has 0 aliphatic rings. The molecule has 6 heteroatoms. The van der Waals surface area contributed by atoms with Crippen LogP contribution in [0, 0.1) is 0 Å². The lowest BCUT2D eigenvalue weighted by Crippen LogP contribution is -2.25. The molecular formula is C11H17N5O. The summed E-state index contributed by atoms with van der Waals surface area (Å²) in [5, 5.41) is 7.22. The molecule has 1 atom stereocenters. The predicted molar refractivity (Wildman–Crippen MR) is 63.3 cm³/mol. The molecule has 0 saturated heterocycles. The number of aromatic nitrogens is 4. The van der Waals surface area contributed by atoms with Crippen molar-refractivity contribution in [2.75, 3.05) is 6.54 Å². The van der Waals surface area contributed by atoms with Gasteiger partial charge in [0.15, 0.2) is 5.82 Å². The van der Waals surface area contributed by atoms with Gasteiger partial charge < -0.3 is 14.8 Å². The largest absolute Gasteiger partial charge is 0.342 e. The minimum Gasteiger partial charge on any atom is -0.342 e. The lowest BCUT2D eigenvalue weighted by atomic mass is 10.2. The Morgan fingerprint density at radius 2 is 2.41 bits per heavy atom. The maximum Gasteiger partial charge on any atom is 0.238 e. The average molecular weight is 235 g/mol. The summed E-state index contributed by atoms with van der Waals surface area (Å²) in [6.07, 6.45) is 5.16. The van der Waals surface area contributed by atoms with E-state index >= 15 is 0 Å². The fourth-order valence-corrected chi connectivity index (χ4v) is 1.63. The van der Waals surface area contributed by atoms with Crippen LogP contribution in [0.15, 0.2) is 16.9 Å². The summed E-state index contributed by atoms with van der Waals surface area (Å²) in [4.78, 5) is 11.3. The fourth-order valence-electron chi connectivity index (χ4n) is 1.63. The minimum atomic E-state index is 0.457. The van der Waals surface area contributed by atoms with Gasteiger partial charge in [0, 0.05) is 24.9 Å². The zero-order valence-electron chi connectivity index (χ0n) is 10.1. The summed E-state index contributed by atoms with van der Waals surface area (Å²) in [6.45, 7) is 5.22. The highest BCUT2D eigenvalue weighted by Crippen LogP contribution is 2.11. The molecule has 1 unspecified atom stereocenters. The normalized spacial score (nSPS) is 12.8. The van der Waals surface area contributed by atoms with Gasteiger partial charge in [-0.05, 0) is 19.9 Å². The predicted octanol–water partition coefficient (Wildman–Crippen LogP) is 1.39. The molecule has 17 heavy (non-hydrogen) atoms. The van der Waals surface area contributed by atoms with E-state index in [4.69, 9.17) is 4.52 Å². The third-order valence-corrected chi connectivity index (χ3v) is 2.52. The summed E-state index contributed by atoms with van der Waals surface area (Å²) >= 11 is 0. The van der Waals surface area contributed by atoms with E-state index < -0.39 is 0 Å². The van der Waals surface area contributed by atoms with Gasteiger partial charge in [-0.25, -0.2) is 4.98 Å². The Labute approximate surface area is 99.8 Å². The number of nitrogens with one attached hydrogen (secondary N) is 2. The smallest absolute Gasteiger partial charge is 0.238 e. The molecule has 0 aliphatic heterocycles. The molecule has 92 valence electrons. The molecule has 0 fully saturated rings. The van der Waals surface area contributed by atoms with Crippen LogP contribution >= 0.6 is 0 Å². The number of nitrogens with zero attached hydrogens (tertiary/aromatic N) is 3. The van der Waals surface area contributed by atoms with Gasteiger partial charge in [-0.1, -0.05) is 12.1 Å². The number of aryl methyl sites for hydroxylation is 1. The summed E-state index contributed by atoms with van der Waals surface area (Å²) in [5.41, 5.74) is 0. The van der Waals surface area contributed by atoms with Gasteiger partial charge in [-0.15, -0.1) is 0 Å². The maximum absolute atomic E-state index is 5.17. The molecule has 2 rings (SSSR count). The zero-order chi connectivity index (χ0) is 12.1. The first-order valence-corrected chi connectivity index (χ1v) is 5.85. The van der Waals surface area contributed by atoms with E-state index in [-0.39, 0.29) is 0 Å². The van der Waals surface area contributed by atoms with E-state index in [1.807, 2.05) is 0 Å². The van der Waals surface area contributed by atoms with Crippen LogP contribution in [0.1, 0.15) is 26.2 Å². The van der Waals surface area contributed by atoms with E-state index in [1.165, 1.54) is 0 Å². The van der Waals surface area contributed by atoms with Gasteiger partial charge in [0.2, 0.25) is 11.7 Å². The van der Waals surface area contributed by atoms with Crippen LogP contribution < -0.4 is 5.32 Å². The Morgan fingerprint density at radius 3 is 3.12 bits per heavy atom. The summed E-state index contributed by atoms with van der Waals surface area (Å²) in [5.74, 6) is 1.81. The lowest BCUT2D eigenvalue weighted by Gasteiger charge is -2.09. The van der Waals surface area contributed by atoms with Crippen LogP contribution in [0.5, 0.6) is 0 Å². The number of H-pyrrole nitrogens is 1. The van der Waals surface area contributed by atoms with E-state index in [0.717, 1.165) is 19.4 Å². The molecule has 0 saturated carbocycles. The van der Waals surface area contributed by atoms with Crippen molar-refractivity contribution in [1.29, 1.82) is 0 Å². The third-order valence-electron chi connectivity index (χ3n) is 2.52. The van der Waals surface area contributed by atoms with E-state index in [1.54, 1.807) is 12.4 Å². The second-order valence-electron chi connectivity index (χ2n) is 3.95. The molecule has 0 spiro atoms. The van der Waals surface area contributed by atoms with E-state index in [0.29, 0.717) is 23.6 Å². The van der Waals surface area contributed by atoms with Crippen molar-refractivity contribution in [3.05, 3.63) is 18.3 Å². The first-order valence-electron chi connectivity index (χ1n) is 5.85. The molecule has 2 N–H and O–H groups in total. The van der Waals surface area contributed by atoms with Crippen molar-refractivity contribution in [3.63, 3.8) is 0 Å². The monoisotopic (exact) mass is 235 g/mol. The summed E-state index contributed by atoms with van der Waals surface area (Å²) in [7, 11) is 0. The summed E-state index contributed by atoms with van der Waals surface area (Å²) < 4.78 is 5.17. The summed E-state index contributed by atoms with van der Waals surface area (Å²) in [6, 6.07) is 0.457. The highest BCUT2D eigenvalue weighted by Gasteiger charge is 2.11. The topological polar surface area (TPSA) is 79.6 Å². The van der Waals surface area contributed by atoms with Crippen molar-refractivity contribution < 1.29 is 4.52 Å². The number of aromatic amines is 1. The molecule has 6 nitrogen and oxygen atoms in total. The van der Waals surface area contributed by atoms with Crippen LogP contribution in [-0.2, 0) is 6.42 Å². The SMILES string of the molecule is CCNC(C)CCc1nc(-c2ncc[nH]2)no1. The second kappa shape index (κ2) is 5.58. The van der Waals surface area contributed by atoms with Crippen molar-refractivity contribution in [3.8, 4) is 11.6 Å². The fraction of sp³-hybridized carbons (Fsp3) is 0.545. The molecule has 0 radical (unpaired) electrons. The second-order valence-corrected chi connectivity index (χ2v) is 3.95. The molecular weight excluding hydrogens is 218 g/mol. The van der Waals surface area contributed by atoms with Gasteiger partial charge in [0.1, 0.15) is 0 Å². The Bertz CT molecular complexity index is 436. The average Bonchev–Trinajstić information content (AvgIpc) is 2.97. The van der Waals surface area contributed by atoms with Gasteiger partial charge in [0.25, 0.3) is 0 Å². The van der Waals surface area contributed by atoms with Gasteiger partial charge >= 0.3 is 0 Å². The van der Waals surface area contributed by atoms with Crippen LogP contribution in [0.2, 0.25) is 0 Å². The minimum absolute atomic E-state index is 0.457. The molecule has 0 aliphatic carbocycles. The maximum atomic E-state index is 5.17. The molecule has 2 aromatic rings. The molecule has 0 bridgehead atoms. The highest BCUT2D eigenvalue weighted by atomic mass is 16.5. The highest BCUT2D eigenvalue weighted by molar-refractivity contribution is 5.40. The van der Waals surface area contributed by atoms with Gasteiger partial charge in [0.05, 0.1) is 0 Å². The van der Waals surface area contributed by atoms with E-state index in [2.05, 4.69) is 39.3 Å². The first-order chi connectivity index (χ1) is 8.29. The molecule has 0 amide bonds. The number of imidazole rings is 1. The van der Waals surface area contributed by atoms with Crippen molar-refractivity contribution in [2.45, 2.75) is 32.7 Å². The number of hydrogen-bond donors (Lipinski definition) is 2.